The van der Waals surface area contributed by atoms with E-state index in [1.54, 1.807) is 88.5 Å². The number of rotatable bonds is 57. The molecule has 0 saturated carbocycles. The van der Waals surface area contributed by atoms with Crippen LogP contribution < -0.4 is 108 Å². The fraction of sp³-hybridized carbons (Fsp3) is 0.475. The average Bonchev–Trinajstić information content (AvgIpc) is 1.67. The minimum Gasteiger partial charge on any atom is -0.481 e. The first kappa shape index (κ1) is 104. The van der Waals surface area contributed by atoms with Crippen LogP contribution in [0.3, 0.4) is 0 Å². The summed E-state index contributed by atoms with van der Waals surface area (Å²) in [7, 11) is -4.50. The van der Waals surface area contributed by atoms with Gasteiger partial charge in [-0.05, 0) is 105 Å². The number of carboxylic acids is 1. The number of nitrogens with two attached hydrogens (primary N) is 5. The maximum Gasteiger partial charge on any atom is 0.303 e. The van der Waals surface area contributed by atoms with Crippen molar-refractivity contribution >= 4 is 145 Å². The molecule has 0 unspecified atom stereocenters. The molecule has 3 aromatic carbocycles. The number of amides is 17. The first-order valence-corrected chi connectivity index (χ1v) is 43.4. The molecule has 0 saturated heterocycles. The van der Waals surface area contributed by atoms with Gasteiger partial charge in [-0.3, -0.25) is 91.7 Å². The molecule has 2 aromatic heterocycles. The largest absolute Gasteiger partial charge is 0.481 e. The van der Waals surface area contributed by atoms with Gasteiger partial charge in [0.25, 0.3) is 0 Å². The molecule has 0 bridgehead atoms. The van der Waals surface area contributed by atoms with Gasteiger partial charge in [0.1, 0.15) is 72.5 Å². The molecule has 17 amide bonds. The maximum atomic E-state index is 14.7. The van der Waals surface area contributed by atoms with Crippen molar-refractivity contribution < 1.29 is 99.8 Å². The van der Waals surface area contributed by atoms with Crippen molar-refractivity contribution in [2.45, 2.75) is 202 Å². The number of nitrogens with zero attached hydrogens (tertiary/aromatic N) is 1. The van der Waals surface area contributed by atoms with Gasteiger partial charge in [0.05, 0.1) is 36.4 Å². The molecule has 0 aliphatic heterocycles. The van der Waals surface area contributed by atoms with Gasteiger partial charge in [-0.1, -0.05) is 94.4 Å². The molecule has 29 N–H and O–H groups in total. The lowest BCUT2D eigenvalue weighted by Crippen LogP contribution is -2.60. The van der Waals surface area contributed by atoms with Crippen molar-refractivity contribution in [3.63, 3.8) is 0 Å². The predicted molar refractivity (Wildman–Crippen MR) is 461 cm³/mol. The monoisotopic (exact) mass is 1810 g/mol. The van der Waals surface area contributed by atoms with Gasteiger partial charge in [0, 0.05) is 68.4 Å². The van der Waals surface area contributed by atoms with Gasteiger partial charge in [-0.2, -0.15) is 16.5 Å². The Hall–Kier alpha value is -13.6. The van der Waals surface area contributed by atoms with Crippen LogP contribution in [0.2, 0.25) is 0 Å². The van der Waals surface area contributed by atoms with E-state index in [0.29, 0.717) is 33.5 Å². The second kappa shape index (κ2) is 52.2. The topological polar surface area (TPSA) is 741 Å². The normalized spacial score (nSPS) is 14.0. The van der Waals surface area contributed by atoms with Crippen LogP contribution in [0.25, 0.3) is 10.9 Å². The number of aromatic amines is 2. The molecule has 2 heterocycles. The molecule has 692 valence electrons. The smallest absolute Gasteiger partial charge is 0.303 e. The van der Waals surface area contributed by atoms with Gasteiger partial charge in [0.15, 0.2) is 5.96 Å². The number of fused-ring (bicyclic) bond motifs is 1. The number of benzene rings is 3. The van der Waals surface area contributed by atoms with E-state index in [-0.39, 0.29) is 56.4 Å². The highest BCUT2D eigenvalue weighted by Gasteiger charge is 2.38. The number of para-hydroxylation sites is 1. The number of carbonyl (C=O) groups excluding carboxylic acids is 17. The van der Waals surface area contributed by atoms with Crippen molar-refractivity contribution in [1.29, 1.82) is 5.41 Å². The zero-order valence-corrected chi connectivity index (χ0v) is 72.5. The lowest BCUT2D eigenvalue weighted by molar-refractivity contribution is -0.138. The van der Waals surface area contributed by atoms with Crippen molar-refractivity contribution in [3.8, 4) is 0 Å². The van der Waals surface area contributed by atoms with E-state index >= 15 is 0 Å². The minimum atomic E-state index is -4.50. The number of aliphatic carboxylic acids is 1. The second-order valence-electron chi connectivity index (χ2n) is 30.5. The second-order valence-corrected chi connectivity index (χ2v) is 33.2. The summed E-state index contributed by atoms with van der Waals surface area (Å²) in [5.74, 6) is -19.8. The van der Waals surface area contributed by atoms with Crippen LogP contribution >= 0.6 is 11.8 Å². The molecule has 45 nitrogen and oxygen atoms in total. The van der Waals surface area contributed by atoms with Crippen molar-refractivity contribution in [2.24, 2.45) is 40.5 Å². The quantitative estimate of drug-likeness (QED) is 0.00980. The number of hydrogen-bond donors (Lipinski definition) is 24. The molecule has 5 rings (SSSR count). The summed E-state index contributed by atoms with van der Waals surface area (Å²) in [6.07, 6.45) is 0.710. The van der Waals surface area contributed by atoms with Gasteiger partial charge in [-0.25, -0.2) is 13.4 Å². The molecule has 12 atom stereocenters. The van der Waals surface area contributed by atoms with Crippen LogP contribution in [0.1, 0.15) is 122 Å². The first-order valence-electron chi connectivity index (χ1n) is 40.5. The molecule has 0 aliphatic rings. The standard InChI is InChI=1S/C80H114N24O21S2/c1-42(2)32-56(100-71(115)52(22-15-30-88-80(85)86)97-72(116)53(23-26-61(81)105)98-74(118)55(25-28-66(110)111)104-127(124,125)48-18-11-8-12-19-48)70(114)90-39-64(108)95-60(36-63(83)107)78(122)99-54(24-27-62(82)106)73(117)102-58(34-46-37-89-50-21-14-13-20-49(46)50)75(119)93-44(5)69(113)103-67(43(3)4)79(123)91-40-65(109)94-59(35-47-38-87-41-92-47)77(121)101-57(33-45-16-9-7-10-17-45)76(120)96-51(68(84)112)29-31-126-6/h7-14,16-21,37-38,41-44,51-60,67,89,104H,15,22-36,39-40H2,1-6H3,(H2,81,105)(H2,82,106)(H2,83,107)(H2,84,112)(H,87,92)(H,90,114)(H,91,123)(H,93,119)(H,94,109)(H,95,108)(H,96,120)(H,97,116)(H,98,118)(H,99,122)(H,100,115)(H,101,121)(H,102,117)(H,103,113)(H,110,111)(H4,85,86,88)/t44-,51-,52-,53-,54-,55-,56-,57-,58-,59-,60-,67-/m0/s1. The van der Waals surface area contributed by atoms with Crippen LogP contribution in [-0.4, -0.2) is 245 Å². The Balaban J connectivity index is 1.31. The number of guanidine groups is 1. The number of carbonyl (C=O) groups is 18. The third-order valence-corrected chi connectivity index (χ3v) is 21.5. The zero-order valence-electron chi connectivity index (χ0n) is 70.9. The molecule has 47 heteroatoms. The van der Waals surface area contributed by atoms with Gasteiger partial charge >= 0.3 is 5.97 Å². The van der Waals surface area contributed by atoms with E-state index < -0.39 is 265 Å². The predicted octanol–water partition coefficient (Wildman–Crippen LogP) is -5.67. The van der Waals surface area contributed by atoms with Gasteiger partial charge in [-0.15, -0.1) is 0 Å². The Morgan fingerprint density at radius 3 is 1.48 bits per heavy atom. The summed E-state index contributed by atoms with van der Waals surface area (Å²) in [4.78, 5) is 255. The van der Waals surface area contributed by atoms with E-state index in [1.807, 2.05) is 6.26 Å². The molecule has 127 heavy (non-hydrogen) atoms. The first-order chi connectivity index (χ1) is 60.0. The van der Waals surface area contributed by atoms with E-state index in [9.17, 15) is 99.8 Å². The number of carboxylic acid groups (broad SMARTS) is 1. The summed E-state index contributed by atoms with van der Waals surface area (Å²) in [5.41, 5.74) is 29.5. The Bertz CT molecular complexity index is 4790. The highest BCUT2D eigenvalue weighted by Crippen LogP contribution is 2.21. The molecule has 0 aliphatic carbocycles. The van der Waals surface area contributed by atoms with Crippen LogP contribution in [0.15, 0.2) is 109 Å². The van der Waals surface area contributed by atoms with E-state index in [2.05, 4.69) is 94.1 Å². The van der Waals surface area contributed by atoms with Gasteiger partial charge < -0.3 is 118 Å². The third-order valence-electron chi connectivity index (χ3n) is 19.3. The Morgan fingerprint density at radius 1 is 0.472 bits per heavy atom. The third kappa shape index (κ3) is 37.0. The molecule has 0 spiro atoms. The summed E-state index contributed by atoms with van der Waals surface area (Å²) in [6.45, 7) is 5.88. The van der Waals surface area contributed by atoms with E-state index in [0.717, 1.165) is 0 Å². The molecule has 5 aromatic rings. The average molecular weight is 1810 g/mol. The number of aromatic nitrogens is 3. The number of primary amides is 4. The van der Waals surface area contributed by atoms with E-state index in [1.165, 1.54) is 61.5 Å². The summed E-state index contributed by atoms with van der Waals surface area (Å²) < 4.78 is 28.8. The minimum absolute atomic E-state index is 0.0172. The molecule has 0 fully saturated rings. The summed E-state index contributed by atoms with van der Waals surface area (Å²) in [5, 5.41) is 52.3. The number of nitrogens with one attached hydrogen (secondary N) is 18. The van der Waals surface area contributed by atoms with Crippen LogP contribution in [-0.2, 0) is 116 Å². The molecule has 0 radical (unpaired) electrons. The molecular formula is C80H114N24O21S2. The van der Waals surface area contributed by atoms with Crippen molar-refractivity contribution in [3.05, 3.63) is 120 Å². The Kier molecular flexibility index (Phi) is 42.8. The number of imidazole rings is 1. The Labute approximate surface area is 735 Å². The summed E-state index contributed by atoms with van der Waals surface area (Å²) >= 11 is 1.42. The Morgan fingerprint density at radius 2 is 0.953 bits per heavy atom. The van der Waals surface area contributed by atoms with Crippen LogP contribution in [0, 0.1) is 17.2 Å². The highest BCUT2D eigenvalue weighted by molar-refractivity contribution is 7.98. The lowest BCUT2D eigenvalue weighted by Gasteiger charge is -2.27. The SMILES string of the molecule is CSCC[C@H](NC(=O)[C@H](Cc1ccccc1)NC(=O)[C@H](Cc1c[nH]cn1)NC(=O)CNC(=O)[C@@H](NC(=O)[C@H](C)NC(=O)[C@H](Cc1c[nH]c2ccccc12)NC(=O)[C@H](CCC(N)=O)NC(=O)[C@H](CC(N)=O)NC(=O)CNC(=O)[C@H](CC(C)C)NC(=O)[C@H](CCCNC(=N)N)NC(=O)[C@H](CCC(N)=O)NC(=O)[C@H](CCC(=O)O)NS(=O)(=O)c1ccccc1)C(C)C)C(N)=O. The maximum absolute atomic E-state index is 14.7. The number of thioether (sulfide) groups is 1. The highest BCUT2D eigenvalue weighted by atomic mass is 32.2. The lowest BCUT2D eigenvalue weighted by atomic mass is 10.0. The van der Waals surface area contributed by atoms with E-state index in [4.69, 9.17) is 34.1 Å². The fourth-order valence-corrected chi connectivity index (χ4v) is 14.4. The van der Waals surface area contributed by atoms with Crippen molar-refractivity contribution in [1.82, 2.24) is 94.1 Å². The number of sulfonamides is 1. The molecular weight excluding hydrogens is 1700 g/mol. The summed E-state index contributed by atoms with van der Waals surface area (Å²) in [6, 6.07) is 3.33. The number of H-pyrrole nitrogens is 2. The fourth-order valence-electron chi connectivity index (χ4n) is 12.7. The van der Waals surface area contributed by atoms with Gasteiger partial charge in [0.2, 0.25) is 110 Å². The van der Waals surface area contributed by atoms with Crippen LogP contribution in [0.4, 0.5) is 0 Å². The van der Waals surface area contributed by atoms with Crippen molar-refractivity contribution in [2.75, 3.05) is 31.6 Å². The zero-order chi connectivity index (χ0) is 94.2. The number of hydrogen-bond acceptors (Lipinski definition) is 23. The van der Waals surface area contributed by atoms with Crippen LogP contribution in [0.5, 0.6) is 0 Å².